The molecule has 0 saturated carbocycles. The average molecular weight is 539 g/mol. The van der Waals surface area contributed by atoms with E-state index in [9.17, 15) is 35.7 Å². The number of aliphatic hydroxyl groups excluding tert-OH is 7. The molecule has 0 aromatic carbocycles. The first-order valence-electron chi connectivity index (χ1n) is 14.1. The molecule has 0 aliphatic carbocycles. The topological polar surface area (TPSA) is 179 Å². The second kappa shape index (κ2) is 18.0. The predicted molar refractivity (Wildman–Crippen MR) is 133 cm³/mol. The van der Waals surface area contributed by atoms with Crippen LogP contribution in [0.3, 0.4) is 0 Å². The molecular formula is C26H50O11. The molecule has 0 amide bonds. The monoisotopic (exact) mass is 538 g/mol. The van der Waals surface area contributed by atoms with Crippen molar-refractivity contribution in [3.8, 4) is 0 Å². The standard InChI is InChI=1S/C26H50O11/c1-2-3-4-5-6-7-8-9-10-11-12-13-14-34-24-22(32)23(18(16-28)35-25(24)33)37-26-21(31)20(30)19(29)17(15-27)36-26/h17-33H,2-16H2,1H3/t17-,18-,19-,20+,21-,22+,23-,24-,25-,26-/m1/s1. The molecule has 0 bridgehead atoms. The number of unbranched alkanes of at least 4 members (excludes halogenated alkanes) is 11. The van der Waals surface area contributed by atoms with Crippen LogP contribution < -0.4 is 0 Å². The maximum absolute atomic E-state index is 10.9. The lowest BCUT2D eigenvalue weighted by atomic mass is 9.97. The van der Waals surface area contributed by atoms with Crippen LogP contribution in [0.15, 0.2) is 0 Å². The summed E-state index contributed by atoms with van der Waals surface area (Å²) in [6.45, 7) is 1.27. The van der Waals surface area contributed by atoms with Gasteiger partial charge in [0.25, 0.3) is 0 Å². The number of hydrogen-bond donors (Lipinski definition) is 7. The van der Waals surface area contributed by atoms with Gasteiger partial charge >= 0.3 is 0 Å². The molecule has 2 heterocycles. The van der Waals surface area contributed by atoms with E-state index < -0.39 is 74.6 Å². The van der Waals surface area contributed by atoms with E-state index >= 15 is 0 Å². The quantitative estimate of drug-likeness (QED) is 0.120. The van der Waals surface area contributed by atoms with Gasteiger partial charge in [0.1, 0.15) is 48.8 Å². The Morgan fingerprint density at radius 3 is 1.65 bits per heavy atom. The highest BCUT2D eigenvalue weighted by atomic mass is 16.7. The molecule has 0 radical (unpaired) electrons. The predicted octanol–water partition coefficient (Wildman–Crippen LogP) is 0.328. The van der Waals surface area contributed by atoms with Crippen LogP contribution in [-0.4, -0.2) is 117 Å². The zero-order valence-electron chi connectivity index (χ0n) is 22.1. The van der Waals surface area contributed by atoms with E-state index in [-0.39, 0.29) is 6.61 Å². The highest BCUT2D eigenvalue weighted by Gasteiger charge is 2.50. The fourth-order valence-corrected chi connectivity index (χ4v) is 4.90. The summed E-state index contributed by atoms with van der Waals surface area (Å²) in [5.41, 5.74) is 0. The van der Waals surface area contributed by atoms with E-state index in [0.29, 0.717) is 0 Å². The van der Waals surface area contributed by atoms with Crippen molar-refractivity contribution >= 4 is 0 Å². The summed E-state index contributed by atoms with van der Waals surface area (Å²) in [5, 5.41) is 70.4. The van der Waals surface area contributed by atoms with Crippen LogP contribution in [0.4, 0.5) is 0 Å². The summed E-state index contributed by atoms with van der Waals surface area (Å²) < 4.78 is 22.0. The fraction of sp³-hybridized carbons (Fsp3) is 1.00. The normalized spacial score (nSPS) is 36.6. The highest BCUT2D eigenvalue weighted by Crippen LogP contribution is 2.29. The number of rotatable bonds is 18. The van der Waals surface area contributed by atoms with Crippen molar-refractivity contribution < 1.29 is 54.7 Å². The van der Waals surface area contributed by atoms with Gasteiger partial charge in [0.05, 0.1) is 13.2 Å². The van der Waals surface area contributed by atoms with Gasteiger partial charge < -0.3 is 54.7 Å². The molecule has 2 aliphatic heterocycles. The third-order valence-electron chi connectivity index (χ3n) is 7.26. The lowest BCUT2D eigenvalue weighted by molar-refractivity contribution is -0.358. The molecule has 11 heteroatoms. The van der Waals surface area contributed by atoms with Gasteiger partial charge in [-0.15, -0.1) is 0 Å². The van der Waals surface area contributed by atoms with E-state index in [1.165, 1.54) is 57.8 Å². The smallest absolute Gasteiger partial charge is 0.187 e. The lowest BCUT2D eigenvalue weighted by Crippen LogP contribution is -2.64. The Balaban J connectivity index is 1.72. The Bertz CT molecular complexity index is 581. The van der Waals surface area contributed by atoms with Crippen LogP contribution in [0.5, 0.6) is 0 Å². The van der Waals surface area contributed by atoms with Crippen LogP contribution in [0.1, 0.15) is 84.0 Å². The molecule has 0 unspecified atom stereocenters. The Morgan fingerprint density at radius 2 is 1.11 bits per heavy atom. The van der Waals surface area contributed by atoms with E-state index in [4.69, 9.17) is 18.9 Å². The summed E-state index contributed by atoms with van der Waals surface area (Å²) in [7, 11) is 0. The minimum Gasteiger partial charge on any atom is -0.394 e. The second-order valence-corrected chi connectivity index (χ2v) is 10.3. The molecule has 0 aromatic heterocycles. The van der Waals surface area contributed by atoms with Crippen molar-refractivity contribution in [2.24, 2.45) is 0 Å². The molecule has 37 heavy (non-hydrogen) atoms. The Hall–Kier alpha value is -0.440. The van der Waals surface area contributed by atoms with Gasteiger partial charge in [-0.1, -0.05) is 77.6 Å². The third kappa shape index (κ3) is 10.2. The zero-order valence-corrected chi connectivity index (χ0v) is 22.1. The van der Waals surface area contributed by atoms with Gasteiger partial charge in [-0.3, -0.25) is 0 Å². The molecule has 2 fully saturated rings. The lowest BCUT2D eigenvalue weighted by Gasteiger charge is -2.46. The fourth-order valence-electron chi connectivity index (χ4n) is 4.90. The average Bonchev–Trinajstić information content (AvgIpc) is 2.89. The van der Waals surface area contributed by atoms with E-state index in [1.54, 1.807) is 0 Å². The first kappa shape index (κ1) is 32.8. The van der Waals surface area contributed by atoms with Gasteiger partial charge in [-0.2, -0.15) is 0 Å². The van der Waals surface area contributed by atoms with Crippen molar-refractivity contribution in [2.75, 3.05) is 19.8 Å². The molecule has 220 valence electrons. The van der Waals surface area contributed by atoms with Crippen molar-refractivity contribution in [1.82, 2.24) is 0 Å². The number of ether oxygens (including phenoxy) is 4. The summed E-state index contributed by atoms with van der Waals surface area (Å²) in [5.74, 6) is 0. The molecule has 10 atom stereocenters. The molecule has 7 N–H and O–H groups in total. The number of hydrogen-bond acceptors (Lipinski definition) is 11. The van der Waals surface area contributed by atoms with Gasteiger partial charge in [0.2, 0.25) is 0 Å². The summed E-state index contributed by atoms with van der Waals surface area (Å²) >= 11 is 0. The minimum absolute atomic E-state index is 0.288. The molecule has 0 spiro atoms. The molecule has 2 aliphatic rings. The maximum atomic E-state index is 10.9. The van der Waals surface area contributed by atoms with Crippen molar-refractivity contribution in [3.63, 3.8) is 0 Å². The summed E-state index contributed by atoms with van der Waals surface area (Å²) in [4.78, 5) is 0. The third-order valence-corrected chi connectivity index (χ3v) is 7.26. The van der Waals surface area contributed by atoms with E-state index in [1.807, 2.05) is 0 Å². The first-order chi connectivity index (χ1) is 17.8. The summed E-state index contributed by atoms with van der Waals surface area (Å²) in [6.07, 6.45) is 0.174. The van der Waals surface area contributed by atoms with Crippen molar-refractivity contribution in [3.05, 3.63) is 0 Å². The second-order valence-electron chi connectivity index (χ2n) is 10.3. The van der Waals surface area contributed by atoms with Gasteiger partial charge in [-0.25, -0.2) is 0 Å². The van der Waals surface area contributed by atoms with Crippen molar-refractivity contribution in [1.29, 1.82) is 0 Å². The molecule has 2 rings (SSSR count). The Kier molecular flexibility index (Phi) is 16.0. The van der Waals surface area contributed by atoms with Crippen LogP contribution in [0, 0.1) is 0 Å². The summed E-state index contributed by atoms with van der Waals surface area (Å²) in [6, 6.07) is 0. The van der Waals surface area contributed by atoms with Crippen LogP contribution in [0.25, 0.3) is 0 Å². The van der Waals surface area contributed by atoms with Crippen LogP contribution in [-0.2, 0) is 18.9 Å². The SMILES string of the molecule is CCCCCCCCCCCCCCO[C@@H]1[C@@H](O)[C@H](O[C@H]2O[C@H](CO)[C@@H](O)[C@H](O)[C@H]2O)[C@@H](CO)O[C@H]1O. The Morgan fingerprint density at radius 1 is 0.568 bits per heavy atom. The molecule has 2 saturated heterocycles. The number of aliphatic hydroxyl groups is 7. The van der Waals surface area contributed by atoms with Gasteiger partial charge in [0, 0.05) is 6.61 Å². The Labute approximate surface area is 220 Å². The van der Waals surface area contributed by atoms with Crippen molar-refractivity contribution in [2.45, 2.75) is 145 Å². The van der Waals surface area contributed by atoms with E-state index in [2.05, 4.69) is 6.92 Å². The van der Waals surface area contributed by atoms with Gasteiger partial charge in [-0.05, 0) is 6.42 Å². The molecule has 11 nitrogen and oxygen atoms in total. The van der Waals surface area contributed by atoms with E-state index in [0.717, 1.165) is 19.3 Å². The first-order valence-corrected chi connectivity index (χ1v) is 14.1. The van der Waals surface area contributed by atoms with Gasteiger partial charge in [0.15, 0.2) is 12.6 Å². The molecular weight excluding hydrogens is 488 g/mol. The minimum atomic E-state index is -1.68. The largest absolute Gasteiger partial charge is 0.394 e. The van der Waals surface area contributed by atoms with Crippen LogP contribution >= 0.6 is 0 Å². The highest BCUT2D eigenvalue weighted by molar-refractivity contribution is 4.94. The zero-order chi connectivity index (χ0) is 27.2. The maximum Gasteiger partial charge on any atom is 0.187 e. The van der Waals surface area contributed by atoms with Crippen LogP contribution in [0.2, 0.25) is 0 Å². The molecule has 0 aromatic rings.